The van der Waals surface area contributed by atoms with Crippen molar-refractivity contribution < 1.29 is 14.3 Å². The van der Waals surface area contributed by atoms with Crippen molar-refractivity contribution in [3.63, 3.8) is 0 Å². The predicted octanol–water partition coefficient (Wildman–Crippen LogP) is 2.70. The molecule has 1 amide bonds. The molecule has 1 unspecified atom stereocenters. The van der Waals surface area contributed by atoms with E-state index in [1.807, 2.05) is 25.1 Å². The van der Waals surface area contributed by atoms with Crippen LogP contribution in [0.15, 0.2) is 23.4 Å². The third-order valence-electron chi connectivity index (χ3n) is 4.68. The third-order valence-corrected chi connectivity index (χ3v) is 5.65. The summed E-state index contributed by atoms with van der Waals surface area (Å²) >= 11 is 1.45. The van der Waals surface area contributed by atoms with Gasteiger partial charge in [-0.05, 0) is 37.5 Å². The summed E-state index contributed by atoms with van der Waals surface area (Å²) in [5.41, 5.74) is 0.990. The number of fused-ring (bicyclic) bond motifs is 2. The number of aryl methyl sites for hydroxylation is 1. The smallest absolute Gasteiger partial charge is 0.231 e. The Balaban J connectivity index is 1.33. The Morgan fingerprint density at radius 3 is 3.08 bits per heavy atom. The number of ether oxygens (including phenoxy) is 2. The van der Waals surface area contributed by atoms with Crippen molar-refractivity contribution in [2.75, 3.05) is 12.5 Å². The second kappa shape index (κ2) is 7.57. The maximum Gasteiger partial charge on any atom is 0.231 e. The van der Waals surface area contributed by atoms with Gasteiger partial charge in [-0.15, -0.1) is 10.2 Å². The molecule has 2 aliphatic heterocycles. The fraction of sp³-hybridized carbons (Fsp3) is 0.500. The zero-order valence-corrected chi connectivity index (χ0v) is 15.6. The molecule has 2 aromatic rings. The molecule has 1 N–H and O–H groups in total. The van der Waals surface area contributed by atoms with E-state index in [0.717, 1.165) is 53.9 Å². The Hall–Kier alpha value is -2.22. The number of aromatic nitrogens is 3. The minimum Gasteiger partial charge on any atom is -0.454 e. The highest BCUT2D eigenvalue weighted by Gasteiger charge is 2.19. The topological polar surface area (TPSA) is 78.3 Å². The molecule has 7 nitrogen and oxygen atoms in total. The maximum atomic E-state index is 12.3. The zero-order chi connectivity index (χ0) is 17.9. The lowest BCUT2D eigenvalue weighted by Crippen LogP contribution is -2.28. The Kier molecular flexibility index (Phi) is 5.01. The number of nitrogens with zero attached hydrogens (tertiary/aromatic N) is 3. The van der Waals surface area contributed by atoms with Crippen LogP contribution in [0.1, 0.15) is 43.6 Å². The predicted molar refractivity (Wildman–Crippen MR) is 97.4 cm³/mol. The van der Waals surface area contributed by atoms with Gasteiger partial charge in [0.15, 0.2) is 16.7 Å². The summed E-state index contributed by atoms with van der Waals surface area (Å²) in [6.45, 7) is 3.15. The summed E-state index contributed by atoms with van der Waals surface area (Å²) in [7, 11) is 0. The zero-order valence-electron chi connectivity index (χ0n) is 14.7. The van der Waals surface area contributed by atoms with Gasteiger partial charge in [0.25, 0.3) is 0 Å². The number of carbonyl (C=O) groups is 1. The first kappa shape index (κ1) is 17.2. The van der Waals surface area contributed by atoms with Gasteiger partial charge in [0, 0.05) is 13.0 Å². The van der Waals surface area contributed by atoms with Gasteiger partial charge < -0.3 is 19.4 Å². The quantitative estimate of drug-likeness (QED) is 0.811. The first-order chi connectivity index (χ1) is 12.7. The molecule has 1 atom stereocenters. The van der Waals surface area contributed by atoms with Crippen LogP contribution in [0.25, 0.3) is 0 Å². The van der Waals surface area contributed by atoms with Gasteiger partial charge in [-0.1, -0.05) is 24.2 Å². The lowest BCUT2D eigenvalue weighted by Gasteiger charge is -2.14. The number of carbonyl (C=O) groups excluding carboxylic acids is 1. The van der Waals surface area contributed by atoms with E-state index >= 15 is 0 Å². The number of hydrogen-bond donors (Lipinski definition) is 1. The first-order valence-electron chi connectivity index (χ1n) is 8.94. The van der Waals surface area contributed by atoms with E-state index in [4.69, 9.17) is 9.47 Å². The SMILES string of the molecule is CC(NC(=O)CSc1nnc2n1CCCCC2)c1ccc2c(c1)OCO2. The van der Waals surface area contributed by atoms with Crippen molar-refractivity contribution in [3.8, 4) is 11.5 Å². The van der Waals surface area contributed by atoms with E-state index < -0.39 is 0 Å². The van der Waals surface area contributed by atoms with E-state index in [-0.39, 0.29) is 18.7 Å². The standard InChI is InChI=1S/C18H22N4O3S/c1-12(13-6-7-14-15(9-13)25-11-24-14)19-17(23)10-26-18-21-20-16-5-3-2-4-8-22(16)18/h6-7,9,12H,2-5,8,10-11H2,1H3,(H,19,23). The van der Waals surface area contributed by atoms with Crippen LogP contribution in [-0.2, 0) is 17.8 Å². The second-order valence-corrected chi connectivity index (χ2v) is 7.49. The molecule has 8 heteroatoms. The molecule has 26 heavy (non-hydrogen) atoms. The molecule has 0 aliphatic carbocycles. The molecule has 0 fully saturated rings. The molecule has 138 valence electrons. The summed E-state index contributed by atoms with van der Waals surface area (Å²) in [6, 6.07) is 5.64. The Bertz CT molecular complexity index is 808. The monoisotopic (exact) mass is 374 g/mol. The normalized spacial score (nSPS) is 16.7. The average molecular weight is 374 g/mol. The summed E-state index contributed by atoms with van der Waals surface area (Å²) in [6.07, 6.45) is 4.50. The molecular formula is C18H22N4O3S. The van der Waals surface area contributed by atoms with Gasteiger partial charge in [-0.3, -0.25) is 4.79 Å². The molecule has 0 radical (unpaired) electrons. The summed E-state index contributed by atoms with van der Waals surface area (Å²) in [4.78, 5) is 12.3. The van der Waals surface area contributed by atoms with Crippen LogP contribution >= 0.6 is 11.8 Å². The van der Waals surface area contributed by atoms with Crippen LogP contribution in [0.5, 0.6) is 11.5 Å². The number of thioether (sulfide) groups is 1. The number of nitrogens with one attached hydrogen (secondary N) is 1. The molecule has 0 spiro atoms. The molecule has 2 aliphatic rings. The van der Waals surface area contributed by atoms with Crippen molar-refractivity contribution in [2.24, 2.45) is 0 Å². The van der Waals surface area contributed by atoms with E-state index in [0.29, 0.717) is 5.75 Å². The van der Waals surface area contributed by atoms with Crippen LogP contribution in [-0.4, -0.2) is 33.2 Å². The highest BCUT2D eigenvalue weighted by atomic mass is 32.2. The molecule has 3 heterocycles. The van der Waals surface area contributed by atoms with Crippen molar-refractivity contribution >= 4 is 17.7 Å². The molecular weight excluding hydrogens is 352 g/mol. The molecule has 1 aromatic heterocycles. The number of amides is 1. The Labute approximate surface area is 156 Å². The van der Waals surface area contributed by atoms with Crippen LogP contribution < -0.4 is 14.8 Å². The van der Waals surface area contributed by atoms with Crippen LogP contribution in [0, 0.1) is 0 Å². The van der Waals surface area contributed by atoms with Crippen molar-refractivity contribution in [3.05, 3.63) is 29.6 Å². The van der Waals surface area contributed by atoms with Crippen molar-refractivity contribution in [1.29, 1.82) is 0 Å². The van der Waals surface area contributed by atoms with Gasteiger partial charge in [0.1, 0.15) is 5.82 Å². The average Bonchev–Trinajstić information content (AvgIpc) is 3.19. The fourth-order valence-electron chi connectivity index (χ4n) is 3.24. The number of rotatable bonds is 5. The molecule has 0 bridgehead atoms. The maximum absolute atomic E-state index is 12.3. The summed E-state index contributed by atoms with van der Waals surface area (Å²) < 4.78 is 12.9. The van der Waals surface area contributed by atoms with Gasteiger partial charge in [0.2, 0.25) is 12.7 Å². The largest absolute Gasteiger partial charge is 0.454 e. The van der Waals surface area contributed by atoms with Crippen LogP contribution in [0.2, 0.25) is 0 Å². The lowest BCUT2D eigenvalue weighted by atomic mass is 10.1. The van der Waals surface area contributed by atoms with Crippen molar-refractivity contribution in [2.45, 2.75) is 50.4 Å². The Morgan fingerprint density at radius 2 is 2.15 bits per heavy atom. The van der Waals surface area contributed by atoms with E-state index in [1.165, 1.54) is 18.2 Å². The van der Waals surface area contributed by atoms with Gasteiger partial charge >= 0.3 is 0 Å². The van der Waals surface area contributed by atoms with Crippen LogP contribution in [0.4, 0.5) is 0 Å². The highest BCUT2D eigenvalue weighted by molar-refractivity contribution is 7.99. The molecule has 4 rings (SSSR count). The minimum atomic E-state index is -0.104. The highest BCUT2D eigenvalue weighted by Crippen LogP contribution is 2.34. The van der Waals surface area contributed by atoms with Gasteiger partial charge in [-0.25, -0.2) is 0 Å². The minimum absolute atomic E-state index is 0.0221. The fourth-order valence-corrected chi connectivity index (χ4v) is 4.04. The molecule has 1 aromatic carbocycles. The summed E-state index contributed by atoms with van der Waals surface area (Å²) in [5, 5.41) is 12.4. The van der Waals surface area contributed by atoms with Gasteiger partial charge in [0.05, 0.1) is 11.8 Å². The second-order valence-electron chi connectivity index (χ2n) is 6.55. The lowest BCUT2D eigenvalue weighted by molar-refractivity contribution is -0.119. The first-order valence-corrected chi connectivity index (χ1v) is 9.93. The van der Waals surface area contributed by atoms with E-state index in [1.54, 1.807) is 0 Å². The Morgan fingerprint density at radius 1 is 1.27 bits per heavy atom. The molecule has 0 saturated heterocycles. The van der Waals surface area contributed by atoms with E-state index in [2.05, 4.69) is 20.1 Å². The van der Waals surface area contributed by atoms with Crippen LogP contribution in [0.3, 0.4) is 0 Å². The molecule has 0 saturated carbocycles. The third kappa shape index (κ3) is 3.65. The van der Waals surface area contributed by atoms with Crippen molar-refractivity contribution in [1.82, 2.24) is 20.1 Å². The number of benzene rings is 1. The number of hydrogen-bond acceptors (Lipinski definition) is 6. The van der Waals surface area contributed by atoms with E-state index in [9.17, 15) is 4.79 Å². The van der Waals surface area contributed by atoms with Gasteiger partial charge in [-0.2, -0.15) is 0 Å². The summed E-state index contributed by atoms with van der Waals surface area (Å²) in [5.74, 6) is 2.82.